The van der Waals surface area contributed by atoms with Gasteiger partial charge in [-0.25, -0.2) is 0 Å². The molecule has 0 spiro atoms. The van der Waals surface area contributed by atoms with Gasteiger partial charge in [0.2, 0.25) is 0 Å². The maximum Gasteiger partial charge on any atom is 0.305 e. The average Bonchev–Trinajstić information content (AvgIpc) is 2.36. The van der Waals surface area contributed by atoms with Gasteiger partial charge >= 0.3 is 5.97 Å². The van der Waals surface area contributed by atoms with Crippen molar-refractivity contribution in [2.24, 2.45) is 0 Å². The van der Waals surface area contributed by atoms with Gasteiger partial charge in [-0.05, 0) is 31.0 Å². The lowest BCUT2D eigenvalue weighted by molar-refractivity contribution is -0.143. The monoisotopic (exact) mass is 256 g/mol. The number of rotatable bonds is 6. The van der Waals surface area contributed by atoms with E-state index in [1.54, 1.807) is 14.0 Å². The van der Waals surface area contributed by atoms with E-state index in [2.05, 4.69) is 0 Å². The minimum atomic E-state index is -0.207. The molecule has 0 saturated carbocycles. The summed E-state index contributed by atoms with van der Waals surface area (Å²) in [5.41, 5.74) is 0.954. The molecule has 0 bridgehead atoms. The lowest BCUT2D eigenvalue weighted by Crippen LogP contribution is -2.05. The molecule has 0 aliphatic heterocycles. The quantitative estimate of drug-likeness (QED) is 0.579. The summed E-state index contributed by atoms with van der Waals surface area (Å²) in [4.78, 5) is 11.2. The molecule has 0 aromatic heterocycles. The van der Waals surface area contributed by atoms with Crippen LogP contribution in [0.4, 0.5) is 0 Å². The highest BCUT2D eigenvalue weighted by atomic mass is 35.5. The molecule has 0 amide bonds. The van der Waals surface area contributed by atoms with Crippen LogP contribution in [0.15, 0.2) is 24.3 Å². The molecule has 0 saturated heterocycles. The van der Waals surface area contributed by atoms with Gasteiger partial charge in [-0.2, -0.15) is 0 Å². The highest BCUT2D eigenvalue weighted by molar-refractivity contribution is 6.20. The fourth-order valence-corrected chi connectivity index (χ4v) is 1.73. The van der Waals surface area contributed by atoms with Gasteiger partial charge in [0, 0.05) is 6.42 Å². The molecule has 0 N–H and O–H groups in total. The summed E-state index contributed by atoms with van der Waals surface area (Å²) < 4.78 is 9.97. The smallest absolute Gasteiger partial charge is 0.305 e. The molecule has 17 heavy (non-hydrogen) atoms. The van der Waals surface area contributed by atoms with Crippen molar-refractivity contribution < 1.29 is 14.3 Å². The standard InChI is InChI=1S/C13H17ClO3/c1-3-17-13(15)8-7-12(14)10-5-4-6-11(9-10)16-2/h4-6,9,12H,3,7-8H2,1-2H3. The van der Waals surface area contributed by atoms with Crippen LogP contribution in [0, 0.1) is 0 Å². The van der Waals surface area contributed by atoms with Gasteiger partial charge in [-0.15, -0.1) is 11.6 Å². The van der Waals surface area contributed by atoms with Crippen molar-refractivity contribution in [3.63, 3.8) is 0 Å². The molecule has 0 radical (unpaired) electrons. The van der Waals surface area contributed by atoms with Crippen LogP contribution in [0.2, 0.25) is 0 Å². The van der Waals surface area contributed by atoms with E-state index >= 15 is 0 Å². The predicted molar refractivity (Wildman–Crippen MR) is 67.5 cm³/mol. The molecular formula is C13H17ClO3. The topological polar surface area (TPSA) is 35.5 Å². The summed E-state index contributed by atoms with van der Waals surface area (Å²) in [6.07, 6.45) is 0.896. The molecule has 1 aromatic carbocycles. The zero-order valence-corrected chi connectivity index (χ0v) is 10.9. The minimum Gasteiger partial charge on any atom is -0.497 e. The second-order valence-electron chi connectivity index (χ2n) is 3.59. The molecule has 3 nitrogen and oxygen atoms in total. The number of carbonyl (C=O) groups is 1. The summed E-state index contributed by atoms with van der Waals surface area (Å²) in [7, 11) is 1.61. The number of esters is 1. The summed E-state index contributed by atoms with van der Waals surface area (Å²) in [6.45, 7) is 2.20. The SMILES string of the molecule is CCOC(=O)CCC(Cl)c1cccc(OC)c1. The Kier molecular flexibility index (Phi) is 5.84. The molecule has 94 valence electrons. The summed E-state index contributed by atoms with van der Waals surface area (Å²) in [6, 6.07) is 7.54. The maximum atomic E-state index is 11.2. The fraction of sp³-hybridized carbons (Fsp3) is 0.462. The Bertz CT molecular complexity index is 365. The van der Waals surface area contributed by atoms with E-state index in [0.717, 1.165) is 11.3 Å². The summed E-state index contributed by atoms with van der Waals surface area (Å²) >= 11 is 6.22. The van der Waals surface area contributed by atoms with Crippen LogP contribution in [0.25, 0.3) is 0 Å². The largest absolute Gasteiger partial charge is 0.497 e. The highest BCUT2D eigenvalue weighted by Crippen LogP contribution is 2.28. The van der Waals surface area contributed by atoms with Crippen molar-refractivity contribution >= 4 is 17.6 Å². The Hall–Kier alpha value is -1.22. The van der Waals surface area contributed by atoms with Gasteiger partial charge in [0.1, 0.15) is 5.75 Å². The molecule has 1 atom stereocenters. The number of ether oxygens (including phenoxy) is 2. The minimum absolute atomic E-state index is 0.200. The first-order valence-electron chi connectivity index (χ1n) is 5.61. The van der Waals surface area contributed by atoms with Crippen LogP contribution in [-0.4, -0.2) is 19.7 Å². The Morgan fingerprint density at radius 2 is 2.24 bits per heavy atom. The number of hydrogen-bond acceptors (Lipinski definition) is 3. The lowest BCUT2D eigenvalue weighted by Gasteiger charge is -2.10. The summed E-state index contributed by atoms with van der Waals surface area (Å²) in [5.74, 6) is 0.560. The first-order valence-corrected chi connectivity index (χ1v) is 6.04. The van der Waals surface area contributed by atoms with Crippen LogP contribution < -0.4 is 4.74 Å². The third-order valence-electron chi connectivity index (χ3n) is 2.36. The van der Waals surface area contributed by atoms with Crippen LogP contribution in [0.1, 0.15) is 30.7 Å². The van der Waals surface area contributed by atoms with Gasteiger partial charge in [0.25, 0.3) is 0 Å². The van der Waals surface area contributed by atoms with Crippen molar-refractivity contribution in [2.75, 3.05) is 13.7 Å². The third-order valence-corrected chi connectivity index (χ3v) is 2.83. The molecule has 1 rings (SSSR count). The van der Waals surface area contributed by atoms with Gasteiger partial charge in [0.15, 0.2) is 0 Å². The lowest BCUT2D eigenvalue weighted by atomic mass is 10.1. The Labute approximate surface area is 107 Å². The first-order chi connectivity index (χ1) is 8.17. The van der Waals surface area contributed by atoms with E-state index in [-0.39, 0.29) is 11.3 Å². The van der Waals surface area contributed by atoms with Crippen molar-refractivity contribution in [1.29, 1.82) is 0 Å². The highest BCUT2D eigenvalue weighted by Gasteiger charge is 2.11. The van der Waals surface area contributed by atoms with Crippen LogP contribution >= 0.6 is 11.6 Å². The van der Waals surface area contributed by atoms with Crippen LogP contribution in [0.5, 0.6) is 5.75 Å². The van der Waals surface area contributed by atoms with Crippen molar-refractivity contribution in [3.8, 4) is 5.75 Å². The number of benzene rings is 1. The van der Waals surface area contributed by atoms with Crippen LogP contribution in [-0.2, 0) is 9.53 Å². The Balaban J connectivity index is 2.51. The van der Waals surface area contributed by atoms with Crippen molar-refractivity contribution in [3.05, 3.63) is 29.8 Å². The van der Waals surface area contributed by atoms with E-state index in [0.29, 0.717) is 19.4 Å². The van der Waals surface area contributed by atoms with E-state index in [4.69, 9.17) is 21.1 Å². The number of carbonyl (C=O) groups excluding carboxylic acids is 1. The molecule has 0 fully saturated rings. The zero-order chi connectivity index (χ0) is 12.7. The van der Waals surface area contributed by atoms with Gasteiger partial charge in [-0.1, -0.05) is 12.1 Å². The average molecular weight is 257 g/mol. The fourth-order valence-electron chi connectivity index (χ4n) is 1.48. The van der Waals surface area contributed by atoms with Gasteiger partial charge in [-0.3, -0.25) is 4.79 Å². The van der Waals surface area contributed by atoms with E-state index in [1.165, 1.54) is 0 Å². The molecular weight excluding hydrogens is 240 g/mol. The molecule has 0 aliphatic rings. The molecule has 0 heterocycles. The Morgan fingerprint density at radius 3 is 2.88 bits per heavy atom. The van der Waals surface area contributed by atoms with Gasteiger partial charge in [0.05, 0.1) is 19.1 Å². The van der Waals surface area contributed by atoms with E-state index in [9.17, 15) is 4.79 Å². The number of methoxy groups -OCH3 is 1. The second-order valence-corrected chi connectivity index (χ2v) is 4.11. The number of hydrogen-bond donors (Lipinski definition) is 0. The number of alkyl halides is 1. The zero-order valence-electron chi connectivity index (χ0n) is 10.1. The van der Waals surface area contributed by atoms with E-state index < -0.39 is 0 Å². The molecule has 1 unspecified atom stereocenters. The Morgan fingerprint density at radius 1 is 1.47 bits per heavy atom. The van der Waals surface area contributed by atoms with Crippen molar-refractivity contribution in [1.82, 2.24) is 0 Å². The van der Waals surface area contributed by atoms with Gasteiger partial charge < -0.3 is 9.47 Å². The third kappa shape index (κ3) is 4.65. The van der Waals surface area contributed by atoms with Crippen molar-refractivity contribution in [2.45, 2.75) is 25.1 Å². The predicted octanol–water partition coefficient (Wildman–Crippen LogP) is 3.32. The first kappa shape index (κ1) is 13.8. The summed E-state index contributed by atoms with van der Waals surface area (Å²) in [5, 5.41) is -0.200. The second kappa shape index (κ2) is 7.17. The normalized spacial score (nSPS) is 11.9. The molecule has 0 aliphatic carbocycles. The van der Waals surface area contributed by atoms with E-state index in [1.807, 2.05) is 24.3 Å². The maximum absolute atomic E-state index is 11.2. The number of halogens is 1. The van der Waals surface area contributed by atoms with Crippen LogP contribution in [0.3, 0.4) is 0 Å². The molecule has 4 heteroatoms. The molecule has 1 aromatic rings.